The van der Waals surface area contributed by atoms with Gasteiger partial charge in [-0.1, -0.05) is 24.3 Å². The van der Waals surface area contributed by atoms with Crippen LogP contribution in [-0.4, -0.2) is 15.2 Å². The van der Waals surface area contributed by atoms with Gasteiger partial charge in [0.2, 0.25) is 5.89 Å². The van der Waals surface area contributed by atoms with Gasteiger partial charge in [0.25, 0.3) is 0 Å². The first kappa shape index (κ1) is 11.0. The molecule has 0 fully saturated rings. The molecule has 4 nitrogen and oxygen atoms in total. The third kappa shape index (κ3) is 1.88. The van der Waals surface area contributed by atoms with Crippen molar-refractivity contribution in [1.29, 1.82) is 0 Å². The van der Waals surface area contributed by atoms with Crippen molar-refractivity contribution in [2.24, 2.45) is 0 Å². The number of oxazole rings is 1. The summed E-state index contributed by atoms with van der Waals surface area (Å²) in [5.41, 5.74) is 2.78. The number of rotatable bonds is 2. The standard InChI is InChI=1S/C14H11NO3/c16-14(17)10-7-5-9(6-8-10)13-15-11-3-1-2-4-12(11)18-13/h1-8,14,16-17H. The summed E-state index contributed by atoms with van der Waals surface area (Å²) in [4.78, 5) is 4.37. The van der Waals surface area contributed by atoms with Crippen molar-refractivity contribution in [3.8, 4) is 11.5 Å². The molecule has 3 aromatic rings. The zero-order valence-electron chi connectivity index (χ0n) is 9.45. The predicted molar refractivity (Wildman–Crippen MR) is 66.6 cm³/mol. The molecule has 0 spiro atoms. The first-order chi connectivity index (χ1) is 8.74. The number of benzene rings is 2. The number of aliphatic hydroxyl groups excluding tert-OH is 1. The van der Waals surface area contributed by atoms with Crippen LogP contribution < -0.4 is 0 Å². The first-order valence-corrected chi connectivity index (χ1v) is 5.56. The van der Waals surface area contributed by atoms with E-state index in [1.54, 1.807) is 24.3 Å². The van der Waals surface area contributed by atoms with Gasteiger partial charge in [-0.25, -0.2) is 4.98 Å². The number of aromatic nitrogens is 1. The molecule has 0 amide bonds. The molecule has 0 saturated carbocycles. The molecule has 0 saturated heterocycles. The summed E-state index contributed by atoms with van der Waals surface area (Å²) in [7, 11) is 0. The van der Waals surface area contributed by atoms with Gasteiger partial charge in [-0.05, 0) is 24.3 Å². The number of hydrogen-bond donors (Lipinski definition) is 2. The fourth-order valence-corrected chi connectivity index (χ4v) is 1.79. The van der Waals surface area contributed by atoms with Crippen molar-refractivity contribution in [2.75, 3.05) is 0 Å². The van der Waals surface area contributed by atoms with Crippen LogP contribution in [0.2, 0.25) is 0 Å². The van der Waals surface area contributed by atoms with Crippen molar-refractivity contribution in [1.82, 2.24) is 4.98 Å². The van der Waals surface area contributed by atoms with Gasteiger partial charge in [0, 0.05) is 11.1 Å². The lowest BCUT2D eigenvalue weighted by atomic mass is 10.1. The minimum atomic E-state index is -1.46. The van der Waals surface area contributed by atoms with Crippen LogP contribution in [0, 0.1) is 0 Å². The van der Waals surface area contributed by atoms with E-state index in [9.17, 15) is 0 Å². The van der Waals surface area contributed by atoms with Gasteiger partial charge in [0.15, 0.2) is 11.9 Å². The highest BCUT2D eigenvalue weighted by atomic mass is 16.5. The van der Waals surface area contributed by atoms with Crippen LogP contribution in [0.5, 0.6) is 0 Å². The van der Waals surface area contributed by atoms with E-state index in [2.05, 4.69) is 4.98 Å². The SMILES string of the molecule is OC(O)c1ccc(-c2nc3ccccc3o2)cc1. The second-order valence-electron chi connectivity index (χ2n) is 3.98. The van der Waals surface area contributed by atoms with Gasteiger partial charge in [-0.2, -0.15) is 0 Å². The Morgan fingerprint density at radius 2 is 1.67 bits per heavy atom. The minimum Gasteiger partial charge on any atom is -0.436 e. The number of para-hydroxylation sites is 2. The molecule has 0 unspecified atom stereocenters. The summed E-state index contributed by atoms with van der Waals surface area (Å²) in [6, 6.07) is 14.3. The van der Waals surface area contributed by atoms with Crippen LogP contribution in [0.3, 0.4) is 0 Å². The molecule has 0 atom stereocenters. The maximum atomic E-state index is 9.02. The number of fused-ring (bicyclic) bond motifs is 1. The Bertz CT molecular complexity index is 638. The molecule has 0 bridgehead atoms. The van der Waals surface area contributed by atoms with Crippen LogP contribution in [0.1, 0.15) is 11.9 Å². The van der Waals surface area contributed by atoms with Crippen molar-refractivity contribution in [3.05, 3.63) is 54.1 Å². The quantitative estimate of drug-likeness (QED) is 0.676. The Morgan fingerprint density at radius 3 is 2.33 bits per heavy atom. The van der Waals surface area contributed by atoms with E-state index in [0.29, 0.717) is 11.5 Å². The third-order valence-electron chi connectivity index (χ3n) is 2.75. The van der Waals surface area contributed by atoms with Gasteiger partial charge < -0.3 is 14.6 Å². The average Bonchev–Trinajstić information content (AvgIpc) is 2.82. The highest BCUT2D eigenvalue weighted by Crippen LogP contribution is 2.24. The number of nitrogens with zero attached hydrogens (tertiary/aromatic N) is 1. The summed E-state index contributed by atoms with van der Waals surface area (Å²) in [5, 5.41) is 18.0. The fraction of sp³-hybridized carbons (Fsp3) is 0.0714. The Labute approximate surface area is 103 Å². The lowest BCUT2D eigenvalue weighted by Gasteiger charge is -2.03. The molecule has 90 valence electrons. The maximum Gasteiger partial charge on any atom is 0.227 e. The van der Waals surface area contributed by atoms with Crippen LogP contribution in [0.25, 0.3) is 22.6 Å². The molecule has 0 radical (unpaired) electrons. The van der Waals surface area contributed by atoms with Crippen LogP contribution in [0.15, 0.2) is 52.9 Å². The van der Waals surface area contributed by atoms with E-state index in [0.717, 1.165) is 16.7 Å². The van der Waals surface area contributed by atoms with E-state index < -0.39 is 6.29 Å². The average molecular weight is 241 g/mol. The summed E-state index contributed by atoms with van der Waals surface area (Å²) in [6.45, 7) is 0. The van der Waals surface area contributed by atoms with E-state index in [-0.39, 0.29) is 0 Å². The van der Waals surface area contributed by atoms with Crippen molar-refractivity contribution >= 4 is 11.1 Å². The molecular formula is C14H11NO3. The normalized spacial score (nSPS) is 11.3. The van der Waals surface area contributed by atoms with E-state index in [4.69, 9.17) is 14.6 Å². The molecule has 1 aromatic heterocycles. The van der Waals surface area contributed by atoms with Crippen molar-refractivity contribution in [3.63, 3.8) is 0 Å². The van der Waals surface area contributed by atoms with Gasteiger partial charge in [-0.3, -0.25) is 0 Å². The second-order valence-corrected chi connectivity index (χ2v) is 3.98. The Kier molecular flexibility index (Phi) is 2.59. The fourth-order valence-electron chi connectivity index (χ4n) is 1.79. The van der Waals surface area contributed by atoms with Gasteiger partial charge in [0.1, 0.15) is 5.52 Å². The van der Waals surface area contributed by atoms with Crippen LogP contribution >= 0.6 is 0 Å². The largest absolute Gasteiger partial charge is 0.436 e. The summed E-state index contributed by atoms with van der Waals surface area (Å²) < 4.78 is 5.62. The monoisotopic (exact) mass is 241 g/mol. The molecular weight excluding hydrogens is 230 g/mol. The molecule has 3 rings (SSSR count). The lowest BCUT2D eigenvalue weighted by Crippen LogP contribution is -1.93. The van der Waals surface area contributed by atoms with Crippen molar-refractivity contribution in [2.45, 2.75) is 6.29 Å². The minimum absolute atomic E-state index is 0.440. The van der Waals surface area contributed by atoms with Gasteiger partial charge in [0.05, 0.1) is 0 Å². The van der Waals surface area contributed by atoms with Gasteiger partial charge >= 0.3 is 0 Å². The molecule has 2 aromatic carbocycles. The molecule has 0 aliphatic rings. The molecule has 1 heterocycles. The number of hydrogen-bond acceptors (Lipinski definition) is 4. The summed E-state index contributed by atoms with van der Waals surface area (Å²) in [5.74, 6) is 0.523. The predicted octanol–water partition coefficient (Wildman–Crippen LogP) is 2.48. The molecule has 0 aliphatic heterocycles. The van der Waals surface area contributed by atoms with Crippen LogP contribution in [0.4, 0.5) is 0 Å². The molecule has 4 heteroatoms. The van der Waals surface area contributed by atoms with E-state index >= 15 is 0 Å². The topological polar surface area (TPSA) is 66.5 Å². The van der Waals surface area contributed by atoms with Crippen molar-refractivity contribution < 1.29 is 14.6 Å². The molecule has 2 N–H and O–H groups in total. The maximum absolute atomic E-state index is 9.02. The summed E-state index contributed by atoms with van der Waals surface area (Å²) >= 11 is 0. The molecule has 18 heavy (non-hydrogen) atoms. The third-order valence-corrected chi connectivity index (χ3v) is 2.75. The first-order valence-electron chi connectivity index (χ1n) is 5.56. The Hall–Kier alpha value is -2.17. The summed E-state index contributed by atoms with van der Waals surface area (Å²) in [6.07, 6.45) is -1.46. The van der Waals surface area contributed by atoms with Crippen LogP contribution in [-0.2, 0) is 0 Å². The highest BCUT2D eigenvalue weighted by Gasteiger charge is 2.08. The van der Waals surface area contributed by atoms with E-state index in [1.165, 1.54) is 0 Å². The lowest BCUT2D eigenvalue weighted by molar-refractivity contribution is -0.0424. The van der Waals surface area contributed by atoms with E-state index in [1.807, 2.05) is 24.3 Å². The highest BCUT2D eigenvalue weighted by molar-refractivity contribution is 5.75. The zero-order chi connectivity index (χ0) is 12.5. The Morgan fingerprint density at radius 1 is 0.944 bits per heavy atom. The smallest absolute Gasteiger partial charge is 0.227 e. The Balaban J connectivity index is 2.03. The molecule has 0 aliphatic carbocycles. The zero-order valence-corrected chi connectivity index (χ0v) is 9.45. The second kappa shape index (κ2) is 4.25. The number of aliphatic hydroxyl groups is 2. The van der Waals surface area contributed by atoms with Gasteiger partial charge in [-0.15, -0.1) is 0 Å².